The Morgan fingerprint density at radius 3 is 2.59 bits per heavy atom. The topological polar surface area (TPSA) is 62.0 Å². The van der Waals surface area contributed by atoms with Crippen LogP contribution in [0.2, 0.25) is 0 Å². The van der Waals surface area contributed by atoms with Gasteiger partial charge in [0.05, 0.1) is 5.92 Å². The van der Waals surface area contributed by atoms with Gasteiger partial charge in [0.1, 0.15) is 12.1 Å². The van der Waals surface area contributed by atoms with Crippen molar-refractivity contribution in [2.75, 3.05) is 5.32 Å². The molecule has 1 aliphatic heterocycles. The maximum absolute atomic E-state index is 14.4. The third-order valence-corrected chi connectivity index (χ3v) is 5.50. The Bertz CT molecular complexity index is 1140. The zero-order valence-electron chi connectivity index (χ0n) is 16.3. The first-order chi connectivity index (χ1) is 14.0. The second-order valence-corrected chi connectivity index (χ2v) is 7.21. The summed E-state index contributed by atoms with van der Waals surface area (Å²) in [6, 6.07) is 12.1. The smallest absolute Gasteiger partial charge is 0.235 e. The zero-order chi connectivity index (χ0) is 20.5. The van der Waals surface area contributed by atoms with Crippen molar-refractivity contribution in [3.8, 4) is 11.1 Å². The van der Waals surface area contributed by atoms with Gasteiger partial charge in [0.2, 0.25) is 5.91 Å². The summed E-state index contributed by atoms with van der Waals surface area (Å²) in [7, 11) is 0. The molecule has 1 unspecified atom stereocenters. The predicted octanol–water partition coefficient (Wildman–Crippen LogP) is 4.93. The first-order valence-electron chi connectivity index (χ1n) is 9.49. The van der Waals surface area contributed by atoms with E-state index < -0.39 is 5.92 Å². The molecular formula is C24H21FN2O2. The number of anilines is 1. The summed E-state index contributed by atoms with van der Waals surface area (Å²) < 4.78 is 14.4. The van der Waals surface area contributed by atoms with Crippen LogP contribution in [0.15, 0.2) is 48.5 Å². The van der Waals surface area contributed by atoms with Crippen molar-refractivity contribution < 1.29 is 14.0 Å². The molecule has 29 heavy (non-hydrogen) atoms. The zero-order valence-corrected chi connectivity index (χ0v) is 16.3. The van der Waals surface area contributed by atoms with Gasteiger partial charge in [-0.2, -0.15) is 0 Å². The summed E-state index contributed by atoms with van der Waals surface area (Å²) >= 11 is 0. The number of nitrogens with one attached hydrogen (secondary N) is 2. The van der Waals surface area contributed by atoms with E-state index >= 15 is 0 Å². The first kappa shape index (κ1) is 18.9. The lowest BCUT2D eigenvalue weighted by atomic mass is 9.90. The molecule has 2 N–H and O–H groups in total. The van der Waals surface area contributed by atoms with Gasteiger partial charge in [0.15, 0.2) is 0 Å². The molecule has 5 heteroatoms. The average molecular weight is 388 g/mol. The van der Waals surface area contributed by atoms with Crippen LogP contribution in [0.3, 0.4) is 0 Å². The highest BCUT2D eigenvalue weighted by Crippen LogP contribution is 2.41. The number of rotatable bonds is 5. The molecule has 146 valence electrons. The van der Waals surface area contributed by atoms with E-state index in [4.69, 9.17) is 0 Å². The van der Waals surface area contributed by atoms with Crippen LogP contribution in [0.5, 0.6) is 0 Å². The van der Waals surface area contributed by atoms with Crippen molar-refractivity contribution in [3.05, 3.63) is 82.4 Å². The molecule has 0 aliphatic carbocycles. The minimum atomic E-state index is -0.529. The number of aldehydes is 1. The number of amides is 1. The van der Waals surface area contributed by atoms with E-state index in [1.54, 1.807) is 18.2 Å². The molecule has 1 atom stereocenters. The van der Waals surface area contributed by atoms with Gasteiger partial charge in [-0.25, -0.2) is 4.39 Å². The molecule has 4 rings (SSSR count). The van der Waals surface area contributed by atoms with Crippen molar-refractivity contribution in [2.45, 2.75) is 26.2 Å². The maximum Gasteiger partial charge on any atom is 0.235 e. The Morgan fingerprint density at radius 2 is 1.83 bits per heavy atom. The Hall–Kier alpha value is -3.47. The largest absolute Gasteiger partial charge is 0.359 e. The van der Waals surface area contributed by atoms with Crippen LogP contribution in [-0.4, -0.2) is 17.2 Å². The molecule has 2 aromatic carbocycles. The van der Waals surface area contributed by atoms with Gasteiger partial charge < -0.3 is 15.1 Å². The number of carbonyl (C=O) groups excluding carboxylic acids is 2. The quantitative estimate of drug-likeness (QED) is 0.609. The Balaban J connectivity index is 1.76. The van der Waals surface area contributed by atoms with Crippen LogP contribution in [0, 0.1) is 19.7 Å². The molecule has 1 amide bonds. The first-order valence-corrected chi connectivity index (χ1v) is 9.49. The van der Waals surface area contributed by atoms with E-state index in [9.17, 15) is 14.0 Å². The van der Waals surface area contributed by atoms with E-state index in [1.807, 2.05) is 44.2 Å². The van der Waals surface area contributed by atoms with Gasteiger partial charge in [0.25, 0.3) is 0 Å². The number of halogens is 1. The van der Waals surface area contributed by atoms with E-state index in [-0.39, 0.29) is 11.7 Å². The van der Waals surface area contributed by atoms with Gasteiger partial charge in [-0.05, 0) is 54.3 Å². The van der Waals surface area contributed by atoms with Crippen LogP contribution < -0.4 is 5.32 Å². The summed E-state index contributed by atoms with van der Waals surface area (Å²) in [6.07, 6.45) is 4.94. The summed E-state index contributed by atoms with van der Waals surface area (Å²) in [5, 5.41) is 2.90. The predicted molar refractivity (Wildman–Crippen MR) is 112 cm³/mol. The molecule has 0 radical (unpaired) electrons. The summed E-state index contributed by atoms with van der Waals surface area (Å²) in [5.41, 5.74) is 6.42. The lowest BCUT2D eigenvalue weighted by Gasteiger charge is -2.12. The van der Waals surface area contributed by atoms with Crippen LogP contribution in [0.1, 0.15) is 34.0 Å². The normalized spacial score (nSPS) is 15.6. The molecule has 3 aromatic rings. The van der Waals surface area contributed by atoms with Crippen LogP contribution in [0.25, 0.3) is 17.2 Å². The number of H-pyrrole nitrogens is 1. The molecule has 0 saturated heterocycles. The lowest BCUT2D eigenvalue weighted by molar-refractivity contribution is -0.116. The number of benzene rings is 2. The van der Waals surface area contributed by atoms with Crippen LogP contribution in [0.4, 0.5) is 10.1 Å². The molecule has 0 fully saturated rings. The standard InChI is InChI=1S/C24H21FN2O2/c1-14-16(12-13-28)15(2)26-21(14)11-10-19-23-18(17-6-3-4-8-20(17)25)7-5-9-22(23)27-24(19)29/h3-11,13,19,26H,12H2,1-2H3,(H,27,29). The average Bonchev–Trinajstić information content (AvgIpc) is 3.17. The number of carbonyl (C=O) groups is 2. The van der Waals surface area contributed by atoms with Crippen molar-refractivity contribution in [1.82, 2.24) is 4.98 Å². The third kappa shape index (κ3) is 3.29. The minimum Gasteiger partial charge on any atom is -0.359 e. The number of fused-ring (bicyclic) bond motifs is 1. The van der Waals surface area contributed by atoms with E-state index in [0.717, 1.165) is 34.4 Å². The fourth-order valence-electron chi connectivity index (χ4n) is 4.01. The Kier molecular flexibility index (Phi) is 4.89. The summed E-state index contributed by atoms with van der Waals surface area (Å²) in [5.74, 6) is -0.996. The number of aromatic nitrogens is 1. The van der Waals surface area contributed by atoms with E-state index in [1.165, 1.54) is 6.07 Å². The highest BCUT2D eigenvalue weighted by Gasteiger charge is 2.31. The molecule has 0 saturated carbocycles. The fraction of sp³-hybridized carbons (Fsp3) is 0.167. The molecule has 1 aliphatic rings. The molecule has 0 bridgehead atoms. The number of aromatic amines is 1. The maximum atomic E-state index is 14.4. The Labute approximate surface area is 168 Å². The Morgan fingerprint density at radius 1 is 1.07 bits per heavy atom. The summed E-state index contributed by atoms with van der Waals surface area (Å²) in [6.45, 7) is 3.88. The molecule has 2 heterocycles. The van der Waals surface area contributed by atoms with E-state index in [0.29, 0.717) is 23.2 Å². The highest BCUT2D eigenvalue weighted by molar-refractivity contribution is 6.07. The minimum absolute atomic E-state index is 0.144. The lowest BCUT2D eigenvalue weighted by Crippen LogP contribution is -2.10. The monoisotopic (exact) mass is 388 g/mol. The van der Waals surface area contributed by atoms with Gasteiger partial charge in [-0.3, -0.25) is 4.79 Å². The SMILES string of the molecule is Cc1[nH]c(C=CC2C(=O)Nc3cccc(-c4ccccc4F)c32)c(C)c1CC=O. The van der Waals surface area contributed by atoms with E-state index in [2.05, 4.69) is 10.3 Å². The van der Waals surface area contributed by atoms with Crippen molar-refractivity contribution >= 4 is 24.0 Å². The number of aryl methyl sites for hydroxylation is 1. The molecule has 4 nitrogen and oxygen atoms in total. The van der Waals surface area contributed by atoms with Gasteiger partial charge in [-0.1, -0.05) is 36.4 Å². The van der Waals surface area contributed by atoms with Gasteiger partial charge in [0, 0.05) is 29.1 Å². The highest BCUT2D eigenvalue weighted by atomic mass is 19.1. The number of hydrogen-bond acceptors (Lipinski definition) is 2. The van der Waals surface area contributed by atoms with Crippen molar-refractivity contribution in [3.63, 3.8) is 0 Å². The molecule has 0 spiro atoms. The second kappa shape index (κ2) is 7.51. The van der Waals surface area contributed by atoms with Crippen molar-refractivity contribution in [1.29, 1.82) is 0 Å². The fourth-order valence-corrected chi connectivity index (χ4v) is 4.01. The third-order valence-electron chi connectivity index (χ3n) is 5.50. The second-order valence-electron chi connectivity index (χ2n) is 7.21. The number of hydrogen-bond donors (Lipinski definition) is 2. The van der Waals surface area contributed by atoms with Gasteiger partial charge in [-0.15, -0.1) is 0 Å². The molecule has 1 aromatic heterocycles. The van der Waals surface area contributed by atoms with Crippen molar-refractivity contribution in [2.24, 2.45) is 0 Å². The van der Waals surface area contributed by atoms with Crippen LogP contribution >= 0.6 is 0 Å². The summed E-state index contributed by atoms with van der Waals surface area (Å²) in [4.78, 5) is 26.9. The van der Waals surface area contributed by atoms with Gasteiger partial charge >= 0.3 is 0 Å². The molecular weight excluding hydrogens is 367 g/mol. The van der Waals surface area contributed by atoms with Crippen LogP contribution in [-0.2, 0) is 16.0 Å².